The molecule has 80 heavy (non-hydrogen) atoms. The molecule has 0 spiro atoms. The van der Waals surface area contributed by atoms with Crippen molar-refractivity contribution in [2.45, 2.75) is 341 Å². The molecule has 0 radical (unpaired) electrons. The summed E-state index contributed by atoms with van der Waals surface area (Å²) in [7, 11) is 1.18. The van der Waals surface area contributed by atoms with E-state index in [1.807, 2.05) is 21.1 Å². The van der Waals surface area contributed by atoms with Gasteiger partial charge in [0.05, 0.1) is 27.7 Å². The summed E-state index contributed by atoms with van der Waals surface area (Å²) in [6.07, 6.45) is 79.0. The zero-order chi connectivity index (χ0) is 58.4. The van der Waals surface area contributed by atoms with Crippen LogP contribution in [0.3, 0.4) is 0 Å². The van der Waals surface area contributed by atoms with E-state index in [4.69, 9.17) is 18.5 Å². The highest BCUT2D eigenvalue weighted by Gasteiger charge is 2.22. The predicted octanol–water partition coefficient (Wildman–Crippen LogP) is 21.4. The molecule has 0 fully saturated rings. The highest BCUT2D eigenvalue weighted by molar-refractivity contribution is 7.45. The van der Waals surface area contributed by atoms with Gasteiger partial charge in [0.1, 0.15) is 19.8 Å². The number of rotatable bonds is 64. The number of allylic oxidation sites excluding steroid dienone is 8. The molecule has 2 unspecified atom stereocenters. The third-order valence-electron chi connectivity index (χ3n) is 15.3. The number of carbonyl (C=O) groups is 2. The quantitative estimate of drug-likeness (QED) is 0.0195. The van der Waals surface area contributed by atoms with Crippen molar-refractivity contribution in [3.63, 3.8) is 0 Å². The molecule has 10 heteroatoms. The van der Waals surface area contributed by atoms with Crippen LogP contribution in [0.1, 0.15) is 335 Å². The lowest BCUT2D eigenvalue weighted by Crippen LogP contribution is -2.37. The van der Waals surface area contributed by atoms with Crippen LogP contribution in [0.2, 0.25) is 0 Å². The first-order chi connectivity index (χ1) is 39.0. The summed E-state index contributed by atoms with van der Waals surface area (Å²) in [6.45, 7) is 4.28. The highest BCUT2D eigenvalue weighted by atomic mass is 31.2. The average molecular weight is 1150 g/mol. The predicted molar refractivity (Wildman–Crippen MR) is 342 cm³/mol. The van der Waals surface area contributed by atoms with Crippen molar-refractivity contribution in [1.82, 2.24) is 0 Å². The van der Waals surface area contributed by atoms with Gasteiger partial charge in [0.2, 0.25) is 0 Å². The van der Waals surface area contributed by atoms with Crippen LogP contribution in [0.25, 0.3) is 0 Å². The van der Waals surface area contributed by atoms with Gasteiger partial charge < -0.3 is 27.9 Å². The van der Waals surface area contributed by atoms with Crippen LogP contribution in [0, 0.1) is 0 Å². The van der Waals surface area contributed by atoms with Crippen LogP contribution in [0.4, 0.5) is 0 Å². The monoisotopic (exact) mass is 1150 g/mol. The van der Waals surface area contributed by atoms with Crippen LogP contribution < -0.4 is 4.89 Å². The second-order valence-corrected chi connectivity index (χ2v) is 25.9. The second-order valence-electron chi connectivity index (χ2n) is 24.5. The van der Waals surface area contributed by atoms with Crippen LogP contribution in [-0.4, -0.2) is 70.0 Å². The Hall–Kier alpha value is -2.03. The van der Waals surface area contributed by atoms with Crippen LogP contribution in [0.15, 0.2) is 48.6 Å². The largest absolute Gasteiger partial charge is 0.756 e. The number of hydrogen-bond acceptors (Lipinski definition) is 8. The molecule has 0 amide bonds. The maximum absolute atomic E-state index is 12.9. The molecule has 0 aromatic carbocycles. The Morgan fingerprint density at radius 1 is 0.388 bits per heavy atom. The Morgan fingerprint density at radius 3 is 1.01 bits per heavy atom. The molecule has 0 aliphatic carbocycles. The Kier molecular flexibility index (Phi) is 60.0. The van der Waals surface area contributed by atoms with E-state index in [2.05, 4.69) is 62.5 Å². The average Bonchev–Trinajstić information content (AvgIpc) is 3.42. The molecular weight excluding hydrogens is 1010 g/mol. The van der Waals surface area contributed by atoms with E-state index >= 15 is 0 Å². The van der Waals surface area contributed by atoms with Gasteiger partial charge in [0.15, 0.2) is 6.10 Å². The Labute approximate surface area is 496 Å². The molecule has 0 aliphatic heterocycles. The van der Waals surface area contributed by atoms with Crippen LogP contribution >= 0.6 is 7.82 Å². The molecule has 2 atom stereocenters. The molecular formula is C70H132NO8P. The third kappa shape index (κ3) is 65.1. The van der Waals surface area contributed by atoms with E-state index in [9.17, 15) is 19.0 Å². The number of ether oxygens (including phenoxy) is 2. The molecule has 0 saturated carbocycles. The van der Waals surface area contributed by atoms with E-state index in [1.165, 1.54) is 257 Å². The van der Waals surface area contributed by atoms with Crippen molar-refractivity contribution in [3.8, 4) is 0 Å². The first-order valence-corrected chi connectivity index (χ1v) is 35.8. The number of esters is 2. The van der Waals surface area contributed by atoms with Crippen molar-refractivity contribution in [1.29, 1.82) is 0 Å². The fraction of sp³-hybridized carbons (Fsp3) is 0.857. The van der Waals surface area contributed by atoms with Crippen molar-refractivity contribution >= 4 is 19.8 Å². The van der Waals surface area contributed by atoms with E-state index in [0.717, 1.165) is 44.9 Å². The first kappa shape index (κ1) is 78.0. The fourth-order valence-corrected chi connectivity index (χ4v) is 10.7. The van der Waals surface area contributed by atoms with E-state index in [1.54, 1.807) is 0 Å². The normalized spacial score (nSPS) is 13.4. The summed E-state index contributed by atoms with van der Waals surface area (Å²) in [6, 6.07) is 0. The lowest BCUT2D eigenvalue weighted by molar-refractivity contribution is -0.870. The summed E-state index contributed by atoms with van der Waals surface area (Å²) in [5.41, 5.74) is 0. The minimum Gasteiger partial charge on any atom is -0.756 e. The van der Waals surface area contributed by atoms with Gasteiger partial charge in [0, 0.05) is 12.8 Å². The van der Waals surface area contributed by atoms with Crippen molar-refractivity contribution < 1.29 is 42.1 Å². The number of phosphoric acid groups is 1. The van der Waals surface area contributed by atoms with E-state index < -0.39 is 26.5 Å². The molecule has 0 rings (SSSR count). The molecule has 0 aliphatic rings. The number of phosphoric ester groups is 1. The standard InChI is InChI=1S/C70H132NO8P/c1-6-8-10-12-14-16-18-20-22-24-26-28-30-31-32-33-34-35-36-37-38-39-41-43-45-47-49-51-53-55-57-59-61-63-70(73)79-68(67-78-80(74,75)77-65-64-71(3,4)5)66-76-69(72)62-60-58-56-54-52-50-48-46-44-42-40-29-27-25-23-21-19-17-15-13-11-9-7-2/h18,20,24-27,30-31,68H,6-17,19,21-23,28-29,32-67H2,1-5H3/b20-18-,26-24-,27-25-,31-30-. The number of likely N-dealkylation sites (N-methyl/N-ethyl adjacent to an activating group) is 1. The summed E-state index contributed by atoms with van der Waals surface area (Å²) >= 11 is 0. The molecule has 0 aromatic rings. The molecule has 9 nitrogen and oxygen atoms in total. The Bertz CT molecular complexity index is 1490. The summed E-state index contributed by atoms with van der Waals surface area (Å²) in [5.74, 6) is -0.818. The minimum atomic E-state index is -4.64. The Morgan fingerprint density at radius 2 is 0.675 bits per heavy atom. The number of unbranched alkanes of at least 4 members (excludes halogenated alkanes) is 42. The lowest BCUT2D eigenvalue weighted by Gasteiger charge is -2.28. The zero-order valence-corrected chi connectivity index (χ0v) is 54.4. The van der Waals surface area contributed by atoms with Crippen molar-refractivity contribution in [2.75, 3.05) is 47.5 Å². The van der Waals surface area contributed by atoms with Crippen molar-refractivity contribution in [2.24, 2.45) is 0 Å². The zero-order valence-electron chi connectivity index (χ0n) is 53.5. The van der Waals surface area contributed by atoms with Gasteiger partial charge in [-0.15, -0.1) is 0 Å². The molecule has 0 aromatic heterocycles. The highest BCUT2D eigenvalue weighted by Crippen LogP contribution is 2.38. The van der Waals surface area contributed by atoms with E-state index in [0.29, 0.717) is 17.4 Å². The number of quaternary nitrogens is 1. The van der Waals surface area contributed by atoms with Gasteiger partial charge in [-0.25, -0.2) is 0 Å². The smallest absolute Gasteiger partial charge is 0.306 e. The molecule has 0 heterocycles. The van der Waals surface area contributed by atoms with Gasteiger partial charge in [-0.3, -0.25) is 14.2 Å². The van der Waals surface area contributed by atoms with Crippen LogP contribution in [0.5, 0.6) is 0 Å². The van der Waals surface area contributed by atoms with Gasteiger partial charge in [-0.2, -0.15) is 0 Å². The van der Waals surface area contributed by atoms with Gasteiger partial charge in [0.25, 0.3) is 7.82 Å². The minimum absolute atomic E-state index is 0.0295. The van der Waals surface area contributed by atoms with Crippen molar-refractivity contribution in [3.05, 3.63) is 48.6 Å². The lowest BCUT2D eigenvalue weighted by atomic mass is 10.0. The summed E-state index contributed by atoms with van der Waals surface area (Å²) < 4.78 is 34.3. The maximum Gasteiger partial charge on any atom is 0.306 e. The molecule has 0 bridgehead atoms. The van der Waals surface area contributed by atoms with E-state index in [-0.39, 0.29) is 32.0 Å². The Balaban J connectivity index is 4.02. The number of nitrogens with zero attached hydrogens (tertiary/aromatic N) is 1. The second kappa shape index (κ2) is 61.5. The SMILES string of the molecule is CCCCCCC/C=C\C/C=C\C/C=C\CCCCCCCCCCCCCCCCCCCCC(=O)OC(COC(=O)CCCCCCCCCCCCC/C=C\CCCCCCCCCC)COP(=O)([O-])OCC[N+](C)(C)C. The third-order valence-corrected chi connectivity index (χ3v) is 16.3. The summed E-state index contributed by atoms with van der Waals surface area (Å²) in [4.78, 5) is 38.0. The van der Waals surface area contributed by atoms with Gasteiger partial charge in [-0.1, -0.05) is 294 Å². The summed E-state index contributed by atoms with van der Waals surface area (Å²) in [5, 5.41) is 0. The van der Waals surface area contributed by atoms with Crippen LogP contribution in [-0.2, 0) is 32.7 Å². The van der Waals surface area contributed by atoms with Gasteiger partial charge in [-0.05, 0) is 77.0 Å². The molecule has 0 saturated heterocycles. The fourth-order valence-electron chi connectivity index (χ4n) is 10.0. The molecule has 470 valence electrons. The maximum atomic E-state index is 12.9. The first-order valence-electron chi connectivity index (χ1n) is 34.3. The topological polar surface area (TPSA) is 111 Å². The number of hydrogen-bond donors (Lipinski definition) is 0. The number of carbonyl (C=O) groups excluding carboxylic acids is 2. The van der Waals surface area contributed by atoms with Gasteiger partial charge >= 0.3 is 11.9 Å². The molecule has 0 N–H and O–H groups in total.